The van der Waals surface area contributed by atoms with E-state index in [1.165, 1.54) is 12.3 Å². The molecule has 0 saturated heterocycles. The molecule has 2 rings (SSSR count). The Morgan fingerprint density at radius 1 is 1.35 bits per heavy atom. The van der Waals surface area contributed by atoms with Crippen LogP contribution in [-0.4, -0.2) is 23.8 Å². The van der Waals surface area contributed by atoms with Crippen LogP contribution in [0, 0.1) is 0 Å². The summed E-state index contributed by atoms with van der Waals surface area (Å²) in [5.41, 5.74) is -0.386. The molecular formula is C15H14ClF2NO4. The van der Waals surface area contributed by atoms with Gasteiger partial charge in [0.2, 0.25) is 5.43 Å². The van der Waals surface area contributed by atoms with Crippen LogP contribution in [0.3, 0.4) is 0 Å². The summed E-state index contributed by atoms with van der Waals surface area (Å²) in [6, 6.07) is 2.47. The summed E-state index contributed by atoms with van der Waals surface area (Å²) in [6.45, 7) is 0.894. The standard InChI is InChI=1S/C15H14ClF2NO4/c1-3-19-7-9(14(21)22-4-2)13(20)8-5-12(23-15(17)18)10(16)6-11(8)19/h5-7,15H,3-4H2,1-2H3. The molecule has 0 saturated carbocycles. The number of carbonyl (C=O) groups is 1. The number of aromatic nitrogens is 1. The summed E-state index contributed by atoms with van der Waals surface area (Å²) >= 11 is 5.92. The van der Waals surface area contributed by atoms with Crippen LogP contribution >= 0.6 is 11.6 Å². The third-order valence-corrected chi connectivity index (χ3v) is 3.48. The maximum atomic E-state index is 12.5. The van der Waals surface area contributed by atoms with E-state index >= 15 is 0 Å². The molecule has 5 nitrogen and oxygen atoms in total. The fourth-order valence-electron chi connectivity index (χ4n) is 2.19. The topological polar surface area (TPSA) is 57.5 Å². The van der Waals surface area contributed by atoms with Crippen molar-refractivity contribution in [1.29, 1.82) is 0 Å². The first-order valence-electron chi connectivity index (χ1n) is 6.87. The summed E-state index contributed by atoms with van der Waals surface area (Å²) < 4.78 is 35.6. The van der Waals surface area contributed by atoms with Gasteiger partial charge < -0.3 is 14.0 Å². The SMILES string of the molecule is CCOC(=O)c1cn(CC)c2cc(Cl)c(OC(F)F)cc2c1=O. The van der Waals surface area contributed by atoms with Crippen molar-refractivity contribution in [3.63, 3.8) is 0 Å². The summed E-state index contributed by atoms with van der Waals surface area (Å²) in [5.74, 6) is -1.09. The number of hydrogen-bond acceptors (Lipinski definition) is 4. The number of aryl methyl sites for hydroxylation is 1. The normalized spacial score (nSPS) is 11.0. The van der Waals surface area contributed by atoms with E-state index in [0.717, 1.165) is 6.07 Å². The molecule has 23 heavy (non-hydrogen) atoms. The second-order valence-corrected chi connectivity index (χ2v) is 4.96. The van der Waals surface area contributed by atoms with Crippen LogP contribution in [0.1, 0.15) is 24.2 Å². The molecular weight excluding hydrogens is 332 g/mol. The zero-order chi connectivity index (χ0) is 17.1. The van der Waals surface area contributed by atoms with Crippen LogP contribution in [0.15, 0.2) is 23.1 Å². The highest BCUT2D eigenvalue weighted by molar-refractivity contribution is 6.32. The quantitative estimate of drug-likeness (QED) is 0.779. The Bertz CT molecular complexity index is 804. The van der Waals surface area contributed by atoms with E-state index < -0.39 is 18.0 Å². The van der Waals surface area contributed by atoms with Gasteiger partial charge in [0.25, 0.3) is 0 Å². The minimum Gasteiger partial charge on any atom is -0.462 e. The van der Waals surface area contributed by atoms with Gasteiger partial charge in [-0.15, -0.1) is 0 Å². The number of fused-ring (bicyclic) bond motifs is 1. The molecule has 2 aromatic rings. The van der Waals surface area contributed by atoms with Gasteiger partial charge >= 0.3 is 12.6 Å². The molecule has 124 valence electrons. The van der Waals surface area contributed by atoms with Crippen LogP contribution in [0.25, 0.3) is 10.9 Å². The average Bonchev–Trinajstić information content (AvgIpc) is 2.49. The maximum Gasteiger partial charge on any atom is 0.387 e. The van der Waals surface area contributed by atoms with Crippen molar-refractivity contribution in [2.24, 2.45) is 0 Å². The van der Waals surface area contributed by atoms with Gasteiger partial charge in [-0.05, 0) is 26.0 Å². The van der Waals surface area contributed by atoms with Crippen LogP contribution in [0.4, 0.5) is 8.78 Å². The smallest absolute Gasteiger partial charge is 0.387 e. The lowest BCUT2D eigenvalue weighted by atomic mass is 10.1. The lowest BCUT2D eigenvalue weighted by Gasteiger charge is -2.13. The molecule has 1 heterocycles. The second kappa shape index (κ2) is 6.95. The number of carbonyl (C=O) groups excluding carboxylic acids is 1. The molecule has 0 amide bonds. The van der Waals surface area contributed by atoms with Gasteiger partial charge in [0, 0.05) is 12.7 Å². The van der Waals surface area contributed by atoms with Crippen LogP contribution in [0.2, 0.25) is 5.02 Å². The highest BCUT2D eigenvalue weighted by Gasteiger charge is 2.19. The van der Waals surface area contributed by atoms with Crippen molar-refractivity contribution in [3.8, 4) is 5.75 Å². The van der Waals surface area contributed by atoms with Gasteiger partial charge in [-0.2, -0.15) is 8.78 Å². The van der Waals surface area contributed by atoms with E-state index in [1.807, 2.05) is 0 Å². The van der Waals surface area contributed by atoms with E-state index in [4.69, 9.17) is 16.3 Å². The fourth-order valence-corrected chi connectivity index (χ4v) is 2.40. The van der Waals surface area contributed by atoms with Gasteiger partial charge in [0.1, 0.15) is 11.3 Å². The first kappa shape index (κ1) is 17.2. The number of alkyl halides is 2. The number of rotatable bonds is 5. The zero-order valence-corrected chi connectivity index (χ0v) is 13.2. The molecule has 1 aromatic carbocycles. The van der Waals surface area contributed by atoms with Gasteiger partial charge in [-0.1, -0.05) is 11.6 Å². The Balaban J connectivity index is 2.74. The molecule has 0 fully saturated rings. The van der Waals surface area contributed by atoms with E-state index in [0.29, 0.717) is 12.1 Å². The molecule has 0 atom stereocenters. The van der Waals surface area contributed by atoms with Crippen molar-refractivity contribution >= 4 is 28.5 Å². The number of nitrogens with zero attached hydrogens (tertiary/aromatic N) is 1. The van der Waals surface area contributed by atoms with E-state index in [1.54, 1.807) is 18.4 Å². The van der Waals surface area contributed by atoms with Crippen molar-refractivity contribution in [2.75, 3.05) is 6.61 Å². The second-order valence-electron chi connectivity index (χ2n) is 4.56. The van der Waals surface area contributed by atoms with E-state index in [-0.39, 0.29) is 28.3 Å². The molecule has 0 aliphatic heterocycles. The molecule has 0 aliphatic rings. The lowest BCUT2D eigenvalue weighted by Crippen LogP contribution is -2.21. The number of benzene rings is 1. The van der Waals surface area contributed by atoms with Crippen molar-refractivity contribution in [3.05, 3.63) is 39.1 Å². The summed E-state index contributed by atoms with van der Waals surface area (Å²) in [6.07, 6.45) is 1.37. The monoisotopic (exact) mass is 345 g/mol. The highest BCUT2D eigenvalue weighted by Crippen LogP contribution is 2.30. The molecule has 0 aliphatic carbocycles. The maximum absolute atomic E-state index is 12.5. The predicted octanol–water partition coefficient (Wildman–Crippen LogP) is 3.45. The Morgan fingerprint density at radius 2 is 2.04 bits per heavy atom. The van der Waals surface area contributed by atoms with Crippen molar-refractivity contribution in [2.45, 2.75) is 27.0 Å². The molecule has 8 heteroatoms. The van der Waals surface area contributed by atoms with Gasteiger partial charge in [-0.3, -0.25) is 4.79 Å². The lowest BCUT2D eigenvalue weighted by molar-refractivity contribution is -0.0497. The van der Waals surface area contributed by atoms with E-state index in [9.17, 15) is 18.4 Å². The minimum atomic E-state index is -3.08. The minimum absolute atomic E-state index is 0.0525. The summed E-state index contributed by atoms with van der Waals surface area (Å²) in [7, 11) is 0. The Hall–Kier alpha value is -2.15. The number of hydrogen-bond donors (Lipinski definition) is 0. The summed E-state index contributed by atoms with van der Waals surface area (Å²) in [5, 5.41) is 0.000683. The average molecular weight is 346 g/mol. The van der Waals surface area contributed by atoms with E-state index in [2.05, 4.69) is 4.74 Å². The van der Waals surface area contributed by atoms with Crippen LogP contribution in [-0.2, 0) is 11.3 Å². The van der Waals surface area contributed by atoms with Gasteiger partial charge in [0.05, 0.1) is 22.5 Å². The molecule has 0 radical (unpaired) electrons. The first-order chi connectivity index (χ1) is 10.9. The molecule has 0 bridgehead atoms. The fraction of sp³-hybridized carbons (Fsp3) is 0.333. The van der Waals surface area contributed by atoms with Crippen molar-refractivity contribution in [1.82, 2.24) is 4.57 Å². The third kappa shape index (κ3) is 3.44. The largest absolute Gasteiger partial charge is 0.462 e. The Morgan fingerprint density at radius 3 is 2.61 bits per heavy atom. The third-order valence-electron chi connectivity index (χ3n) is 3.19. The molecule has 0 spiro atoms. The summed E-state index contributed by atoms with van der Waals surface area (Å²) in [4.78, 5) is 24.4. The first-order valence-corrected chi connectivity index (χ1v) is 7.25. The van der Waals surface area contributed by atoms with Gasteiger partial charge in [-0.25, -0.2) is 4.79 Å². The van der Waals surface area contributed by atoms with Gasteiger partial charge in [0.15, 0.2) is 0 Å². The highest BCUT2D eigenvalue weighted by atomic mass is 35.5. The number of pyridine rings is 1. The molecule has 1 aromatic heterocycles. The zero-order valence-electron chi connectivity index (χ0n) is 12.4. The molecule has 0 N–H and O–H groups in total. The Labute approximate surface area is 135 Å². The Kier molecular flexibility index (Phi) is 5.20. The predicted molar refractivity (Wildman–Crippen MR) is 81.5 cm³/mol. The number of esters is 1. The van der Waals surface area contributed by atoms with Crippen molar-refractivity contribution < 1.29 is 23.0 Å². The van der Waals surface area contributed by atoms with Crippen LogP contribution < -0.4 is 10.2 Å². The molecule has 0 unspecified atom stereocenters. The van der Waals surface area contributed by atoms with Crippen LogP contribution in [0.5, 0.6) is 5.75 Å². The number of ether oxygens (including phenoxy) is 2. The number of halogens is 3.